The van der Waals surface area contributed by atoms with Crippen molar-refractivity contribution < 1.29 is 4.42 Å². The van der Waals surface area contributed by atoms with Crippen LogP contribution in [0.2, 0.25) is 0 Å². The van der Waals surface area contributed by atoms with E-state index < -0.39 is 0 Å². The number of oxazole rings is 1. The molecule has 1 aromatic rings. The zero-order chi connectivity index (χ0) is 9.80. The summed E-state index contributed by atoms with van der Waals surface area (Å²) < 4.78 is 5.55. The predicted molar refractivity (Wildman–Crippen MR) is 50.5 cm³/mol. The van der Waals surface area contributed by atoms with Gasteiger partial charge in [-0.05, 0) is 19.3 Å². The zero-order valence-corrected chi connectivity index (χ0v) is 8.59. The van der Waals surface area contributed by atoms with Crippen molar-refractivity contribution in [2.45, 2.75) is 39.7 Å². The van der Waals surface area contributed by atoms with Crippen LogP contribution in [0.3, 0.4) is 0 Å². The van der Waals surface area contributed by atoms with Crippen molar-refractivity contribution in [1.82, 2.24) is 4.98 Å². The minimum Gasteiger partial charge on any atom is -0.445 e. The van der Waals surface area contributed by atoms with Gasteiger partial charge >= 0.3 is 0 Å². The number of nitrogens with two attached hydrogens (primary N) is 1. The first-order valence-electron chi connectivity index (χ1n) is 4.64. The van der Waals surface area contributed by atoms with E-state index in [1.165, 1.54) is 0 Å². The lowest BCUT2D eigenvalue weighted by Gasteiger charge is -1.96. The van der Waals surface area contributed by atoms with Gasteiger partial charge < -0.3 is 10.2 Å². The normalized spacial score (nSPS) is 30.5. The van der Waals surface area contributed by atoms with Crippen LogP contribution in [0.1, 0.15) is 37.1 Å². The summed E-state index contributed by atoms with van der Waals surface area (Å²) in [7, 11) is 0. The molecule has 1 aliphatic rings. The van der Waals surface area contributed by atoms with Gasteiger partial charge in [-0.25, -0.2) is 4.98 Å². The van der Waals surface area contributed by atoms with Gasteiger partial charge in [-0.3, -0.25) is 0 Å². The van der Waals surface area contributed by atoms with Crippen molar-refractivity contribution in [1.29, 1.82) is 0 Å². The van der Waals surface area contributed by atoms with Crippen molar-refractivity contribution in [2.75, 3.05) is 0 Å². The van der Waals surface area contributed by atoms with Gasteiger partial charge in [-0.2, -0.15) is 0 Å². The summed E-state index contributed by atoms with van der Waals surface area (Å²) in [6.45, 7) is 8.20. The minimum absolute atomic E-state index is 0.156. The highest BCUT2D eigenvalue weighted by atomic mass is 16.4. The molecule has 2 rings (SSSR count). The van der Waals surface area contributed by atoms with Gasteiger partial charge in [0.05, 0.1) is 11.6 Å². The van der Waals surface area contributed by atoms with Gasteiger partial charge in [0.25, 0.3) is 0 Å². The molecule has 0 saturated heterocycles. The second-order valence-corrected chi connectivity index (χ2v) is 4.52. The third kappa shape index (κ3) is 1.10. The van der Waals surface area contributed by atoms with Crippen LogP contribution in [-0.4, -0.2) is 11.0 Å². The number of nitrogens with zero attached hydrogens (tertiary/aromatic N) is 1. The largest absolute Gasteiger partial charge is 0.445 e. The molecular weight excluding hydrogens is 164 g/mol. The van der Waals surface area contributed by atoms with Crippen LogP contribution in [0.25, 0.3) is 0 Å². The summed E-state index contributed by atoms with van der Waals surface area (Å²) in [6.07, 6.45) is 0. The molecule has 0 spiro atoms. The fourth-order valence-electron chi connectivity index (χ4n) is 1.78. The number of aromatic nitrogens is 1. The van der Waals surface area contributed by atoms with E-state index in [2.05, 4.69) is 18.8 Å². The van der Waals surface area contributed by atoms with Crippen LogP contribution >= 0.6 is 0 Å². The SMILES string of the molecule is Cc1nc(C2C(N)C2(C)C)oc1C. The quantitative estimate of drug-likeness (QED) is 0.716. The topological polar surface area (TPSA) is 52.0 Å². The number of rotatable bonds is 1. The highest BCUT2D eigenvalue weighted by Crippen LogP contribution is 2.57. The lowest BCUT2D eigenvalue weighted by Crippen LogP contribution is -2.06. The standard InChI is InChI=1S/C10H16N2O/c1-5-6(2)13-9(12-5)7-8(11)10(7,3)4/h7-8H,11H2,1-4H3. The van der Waals surface area contributed by atoms with Gasteiger partial charge in [0.2, 0.25) is 0 Å². The van der Waals surface area contributed by atoms with E-state index in [1.54, 1.807) is 0 Å². The van der Waals surface area contributed by atoms with E-state index in [4.69, 9.17) is 10.2 Å². The first-order valence-corrected chi connectivity index (χ1v) is 4.64. The molecule has 0 amide bonds. The van der Waals surface area contributed by atoms with Crippen molar-refractivity contribution in [3.63, 3.8) is 0 Å². The molecule has 2 atom stereocenters. The molecule has 0 aromatic carbocycles. The first kappa shape index (κ1) is 8.75. The molecular formula is C10H16N2O. The van der Waals surface area contributed by atoms with E-state index in [9.17, 15) is 0 Å². The van der Waals surface area contributed by atoms with Crippen LogP contribution in [0.4, 0.5) is 0 Å². The Balaban J connectivity index is 2.29. The average molecular weight is 180 g/mol. The second kappa shape index (κ2) is 2.35. The van der Waals surface area contributed by atoms with E-state index in [0.29, 0.717) is 5.92 Å². The van der Waals surface area contributed by atoms with Gasteiger partial charge in [0, 0.05) is 6.04 Å². The van der Waals surface area contributed by atoms with Gasteiger partial charge in [-0.15, -0.1) is 0 Å². The van der Waals surface area contributed by atoms with Crippen LogP contribution in [0, 0.1) is 19.3 Å². The highest BCUT2D eigenvalue weighted by Gasteiger charge is 2.59. The third-order valence-corrected chi connectivity index (χ3v) is 3.22. The monoisotopic (exact) mass is 180 g/mol. The Morgan fingerprint density at radius 1 is 1.38 bits per heavy atom. The van der Waals surface area contributed by atoms with Crippen molar-refractivity contribution in [2.24, 2.45) is 11.1 Å². The van der Waals surface area contributed by atoms with Crippen LogP contribution < -0.4 is 5.73 Å². The van der Waals surface area contributed by atoms with E-state index in [0.717, 1.165) is 17.3 Å². The Hall–Kier alpha value is -0.830. The Labute approximate surface area is 78.3 Å². The molecule has 1 aromatic heterocycles. The fraction of sp³-hybridized carbons (Fsp3) is 0.700. The highest BCUT2D eigenvalue weighted by molar-refractivity contribution is 5.24. The van der Waals surface area contributed by atoms with E-state index in [1.807, 2.05) is 13.8 Å². The summed E-state index contributed by atoms with van der Waals surface area (Å²) in [5, 5.41) is 0. The molecule has 1 heterocycles. The van der Waals surface area contributed by atoms with Crippen molar-refractivity contribution in [3.8, 4) is 0 Å². The lowest BCUT2D eigenvalue weighted by atomic mass is 10.1. The maximum Gasteiger partial charge on any atom is 0.199 e. The molecule has 2 N–H and O–H groups in total. The first-order chi connectivity index (χ1) is 5.94. The molecule has 13 heavy (non-hydrogen) atoms. The molecule has 0 aliphatic heterocycles. The molecule has 1 saturated carbocycles. The van der Waals surface area contributed by atoms with Crippen LogP contribution in [0.5, 0.6) is 0 Å². The van der Waals surface area contributed by atoms with Crippen LogP contribution in [-0.2, 0) is 0 Å². The fourth-order valence-corrected chi connectivity index (χ4v) is 1.78. The molecule has 0 bridgehead atoms. The smallest absolute Gasteiger partial charge is 0.199 e. The Morgan fingerprint density at radius 3 is 2.23 bits per heavy atom. The van der Waals surface area contributed by atoms with Gasteiger partial charge in [-0.1, -0.05) is 13.8 Å². The predicted octanol–water partition coefficient (Wildman–Crippen LogP) is 1.74. The Morgan fingerprint density at radius 2 is 1.92 bits per heavy atom. The number of hydrogen-bond donors (Lipinski definition) is 1. The molecule has 3 heteroatoms. The van der Waals surface area contributed by atoms with Gasteiger partial charge in [0.1, 0.15) is 5.76 Å². The second-order valence-electron chi connectivity index (χ2n) is 4.52. The number of aryl methyl sites for hydroxylation is 2. The number of hydrogen-bond acceptors (Lipinski definition) is 3. The third-order valence-electron chi connectivity index (χ3n) is 3.22. The summed E-state index contributed by atoms with van der Waals surface area (Å²) in [5.41, 5.74) is 7.07. The van der Waals surface area contributed by atoms with E-state index in [-0.39, 0.29) is 11.5 Å². The summed E-state index contributed by atoms with van der Waals surface area (Å²) in [4.78, 5) is 4.37. The zero-order valence-electron chi connectivity index (χ0n) is 8.59. The molecule has 3 nitrogen and oxygen atoms in total. The average Bonchev–Trinajstić information content (AvgIpc) is 2.34. The van der Waals surface area contributed by atoms with Crippen molar-refractivity contribution in [3.05, 3.63) is 17.3 Å². The van der Waals surface area contributed by atoms with Crippen LogP contribution in [0.15, 0.2) is 4.42 Å². The molecule has 2 unspecified atom stereocenters. The maximum atomic E-state index is 5.94. The minimum atomic E-state index is 0.156. The molecule has 1 aliphatic carbocycles. The van der Waals surface area contributed by atoms with Gasteiger partial charge in [0.15, 0.2) is 5.89 Å². The van der Waals surface area contributed by atoms with Crippen molar-refractivity contribution >= 4 is 0 Å². The maximum absolute atomic E-state index is 5.94. The summed E-state index contributed by atoms with van der Waals surface area (Å²) in [6, 6.07) is 0.199. The Kier molecular flexibility index (Phi) is 1.58. The Bertz CT molecular complexity index is 321. The molecule has 0 radical (unpaired) electrons. The summed E-state index contributed by atoms with van der Waals surface area (Å²) in [5.74, 6) is 2.03. The lowest BCUT2D eigenvalue weighted by molar-refractivity contribution is 0.449. The molecule has 1 fully saturated rings. The molecule has 72 valence electrons. The van der Waals surface area contributed by atoms with E-state index >= 15 is 0 Å². The summed E-state index contributed by atoms with van der Waals surface area (Å²) >= 11 is 0.